The number of benzene rings is 1. The molecule has 3 unspecified atom stereocenters. The number of nitrogens with one attached hydrogen (secondary N) is 2. The van der Waals surface area contributed by atoms with Crippen molar-refractivity contribution in [3.05, 3.63) is 24.5 Å². The van der Waals surface area contributed by atoms with Crippen LogP contribution >= 0.6 is 0 Å². The van der Waals surface area contributed by atoms with Gasteiger partial charge < -0.3 is 15.4 Å². The molecule has 0 radical (unpaired) electrons. The third kappa shape index (κ3) is 2.57. The number of carbonyl (C=O) groups is 2. The summed E-state index contributed by atoms with van der Waals surface area (Å²) in [5.41, 5.74) is 0.638. The second-order valence-corrected chi connectivity index (χ2v) is 9.61. The third-order valence-corrected chi connectivity index (χ3v) is 7.45. The molecule has 9 heteroatoms. The fraction of sp³-hybridized carbons (Fsp3) is 0.571. The maximum absolute atomic E-state index is 13.6. The van der Waals surface area contributed by atoms with Crippen LogP contribution in [0.2, 0.25) is 0 Å². The van der Waals surface area contributed by atoms with Gasteiger partial charge in [-0.3, -0.25) is 9.59 Å². The number of fused-ring (bicyclic) bond motifs is 1. The molecular weight excluding hydrogens is 384 g/mol. The highest BCUT2D eigenvalue weighted by atomic mass is 16.5. The summed E-state index contributed by atoms with van der Waals surface area (Å²) in [6.45, 7) is 1.71. The van der Waals surface area contributed by atoms with E-state index in [2.05, 4.69) is 26.0 Å². The summed E-state index contributed by atoms with van der Waals surface area (Å²) in [7, 11) is 0. The number of hydrogen-bond acceptors (Lipinski definition) is 6. The Balaban J connectivity index is 1.28. The standard InChI is InChI=1S/C21H24N6O3/c1-12-18(28)25-16-5-15(2-3-17(16)30-12)24-19(29)20-6-13-4-14(7-20)9-21(8-13,10-20)27-23-11-22-26-27/h2-3,5,11-14H,4,6-10H2,1H3,(H,24,29)(H,25,28). The molecule has 4 saturated carbocycles. The first-order chi connectivity index (χ1) is 14.4. The molecular formula is C21H24N6O3. The van der Waals surface area contributed by atoms with Crippen LogP contribution in [-0.4, -0.2) is 38.1 Å². The number of ether oxygens (including phenoxy) is 1. The van der Waals surface area contributed by atoms with Crippen molar-refractivity contribution in [2.24, 2.45) is 17.3 Å². The monoisotopic (exact) mass is 408 g/mol. The molecule has 30 heavy (non-hydrogen) atoms. The molecule has 4 bridgehead atoms. The highest BCUT2D eigenvalue weighted by Gasteiger charge is 2.62. The van der Waals surface area contributed by atoms with Crippen LogP contribution in [0.3, 0.4) is 0 Å². The Morgan fingerprint density at radius 3 is 2.80 bits per heavy atom. The summed E-state index contributed by atoms with van der Waals surface area (Å²) < 4.78 is 5.61. The quantitative estimate of drug-likeness (QED) is 0.806. The Kier molecular flexibility index (Phi) is 3.58. The zero-order valence-electron chi connectivity index (χ0n) is 16.8. The molecule has 4 aliphatic carbocycles. The molecule has 5 aliphatic rings. The molecule has 2 N–H and O–H groups in total. The molecule has 2 amide bonds. The molecule has 2 aromatic rings. The first-order valence-electron chi connectivity index (χ1n) is 10.6. The van der Waals surface area contributed by atoms with E-state index in [1.807, 2.05) is 6.07 Å². The number of anilines is 2. The molecule has 1 aromatic carbocycles. The largest absolute Gasteiger partial charge is 0.479 e. The van der Waals surface area contributed by atoms with E-state index in [4.69, 9.17) is 4.74 Å². The van der Waals surface area contributed by atoms with Gasteiger partial charge in [0.15, 0.2) is 12.4 Å². The van der Waals surface area contributed by atoms with Gasteiger partial charge in [0.25, 0.3) is 5.91 Å². The van der Waals surface area contributed by atoms with E-state index in [1.165, 1.54) is 12.7 Å². The fourth-order valence-electron chi connectivity index (χ4n) is 6.65. The van der Waals surface area contributed by atoms with Gasteiger partial charge in [-0.25, -0.2) is 0 Å². The highest BCUT2D eigenvalue weighted by molar-refractivity contribution is 6.00. The molecule has 2 heterocycles. The van der Waals surface area contributed by atoms with Crippen LogP contribution in [0.5, 0.6) is 5.75 Å². The SMILES string of the molecule is CC1Oc2ccc(NC(=O)C34CC5CC(C3)CC(n3ncnn3)(C5)C4)cc2NC1=O. The molecule has 0 saturated heterocycles. The van der Waals surface area contributed by atoms with Crippen molar-refractivity contribution in [3.8, 4) is 5.75 Å². The van der Waals surface area contributed by atoms with Gasteiger partial charge in [0.05, 0.1) is 16.6 Å². The molecule has 4 fully saturated rings. The predicted molar refractivity (Wildman–Crippen MR) is 107 cm³/mol. The van der Waals surface area contributed by atoms with Crippen LogP contribution < -0.4 is 15.4 Å². The minimum Gasteiger partial charge on any atom is -0.479 e. The third-order valence-electron chi connectivity index (χ3n) is 7.45. The summed E-state index contributed by atoms with van der Waals surface area (Å²) in [4.78, 5) is 27.3. The topological polar surface area (TPSA) is 111 Å². The van der Waals surface area contributed by atoms with E-state index in [-0.39, 0.29) is 17.4 Å². The summed E-state index contributed by atoms with van der Waals surface area (Å²) in [6, 6.07) is 5.39. The lowest BCUT2D eigenvalue weighted by Gasteiger charge is -2.60. The number of rotatable bonds is 3. The number of amides is 2. The van der Waals surface area contributed by atoms with Gasteiger partial charge in [0.2, 0.25) is 5.91 Å². The fourth-order valence-corrected chi connectivity index (χ4v) is 6.65. The lowest BCUT2D eigenvalue weighted by Crippen LogP contribution is -2.60. The van der Waals surface area contributed by atoms with Crippen LogP contribution in [0.25, 0.3) is 0 Å². The van der Waals surface area contributed by atoms with Crippen molar-refractivity contribution in [2.45, 2.75) is 57.1 Å². The van der Waals surface area contributed by atoms with Crippen molar-refractivity contribution in [3.63, 3.8) is 0 Å². The average molecular weight is 408 g/mol. The minimum absolute atomic E-state index is 0.0532. The summed E-state index contributed by atoms with van der Waals surface area (Å²) in [5, 5.41) is 18.5. The van der Waals surface area contributed by atoms with Crippen molar-refractivity contribution in [1.82, 2.24) is 20.2 Å². The van der Waals surface area contributed by atoms with Crippen molar-refractivity contribution in [1.29, 1.82) is 0 Å². The first kappa shape index (κ1) is 17.9. The molecule has 156 valence electrons. The maximum atomic E-state index is 13.6. The zero-order valence-corrected chi connectivity index (χ0v) is 16.8. The Hall–Kier alpha value is -2.97. The maximum Gasteiger partial charge on any atom is 0.265 e. The van der Waals surface area contributed by atoms with Gasteiger partial charge in [0, 0.05) is 5.69 Å². The van der Waals surface area contributed by atoms with E-state index in [0.717, 1.165) is 32.1 Å². The van der Waals surface area contributed by atoms with Gasteiger partial charge in [0.1, 0.15) is 5.75 Å². The lowest BCUT2D eigenvalue weighted by molar-refractivity contribution is -0.152. The van der Waals surface area contributed by atoms with Gasteiger partial charge in [-0.05, 0) is 80.7 Å². The van der Waals surface area contributed by atoms with Crippen LogP contribution in [0, 0.1) is 17.3 Å². The number of nitrogens with zero attached hydrogens (tertiary/aromatic N) is 4. The lowest BCUT2D eigenvalue weighted by atomic mass is 9.46. The molecule has 7 rings (SSSR count). The summed E-state index contributed by atoms with van der Waals surface area (Å²) in [6.07, 6.45) is 6.76. The summed E-state index contributed by atoms with van der Waals surface area (Å²) >= 11 is 0. The van der Waals surface area contributed by atoms with Crippen molar-refractivity contribution >= 4 is 23.2 Å². The van der Waals surface area contributed by atoms with Crippen LogP contribution in [0.15, 0.2) is 24.5 Å². The normalized spacial score (nSPS) is 36.0. The highest BCUT2D eigenvalue weighted by Crippen LogP contribution is 2.64. The Morgan fingerprint density at radius 1 is 1.27 bits per heavy atom. The predicted octanol–water partition coefficient (Wildman–Crippen LogP) is 2.33. The Bertz CT molecular complexity index is 1020. The Morgan fingerprint density at radius 2 is 2.07 bits per heavy atom. The van der Waals surface area contributed by atoms with E-state index in [1.54, 1.807) is 23.9 Å². The van der Waals surface area contributed by atoms with Gasteiger partial charge in [-0.15, -0.1) is 10.2 Å². The van der Waals surface area contributed by atoms with Gasteiger partial charge in [-0.2, -0.15) is 4.80 Å². The zero-order chi connectivity index (χ0) is 20.5. The van der Waals surface area contributed by atoms with Gasteiger partial charge >= 0.3 is 0 Å². The second-order valence-electron chi connectivity index (χ2n) is 9.61. The number of aromatic nitrogens is 4. The minimum atomic E-state index is -0.522. The number of hydrogen-bond donors (Lipinski definition) is 2. The van der Waals surface area contributed by atoms with Crippen LogP contribution in [0.1, 0.15) is 45.4 Å². The first-order valence-corrected chi connectivity index (χ1v) is 10.6. The molecule has 1 aromatic heterocycles. The van der Waals surface area contributed by atoms with E-state index in [9.17, 15) is 9.59 Å². The second kappa shape index (κ2) is 6.02. The van der Waals surface area contributed by atoms with E-state index < -0.39 is 11.5 Å². The van der Waals surface area contributed by atoms with Crippen LogP contribution in [-0.2, 0) is 15.1 Å². The molecule has 1 aliphatic heterocycles. The molecule has 0 spiro atoms. The molecule has 9 nitrogen and oxygen atoms in total. The number of carbonyl (C=O) groups excluding carboxylic acids is 2. The molecule has 3 atom stereocenters. The van der Waals surface area contributed by atoms with Crippen molar-refractivity contribution in [2.75, 3.05) is 10.6 Å². The Labute approximate surface area is 173 Å². The van der Waals surface area contributed by atoms with E-state index >= 15 is 0 Å². The van der Waals surface area contributed by atoms with Gasteiger partial charge in [-0.1, -0.05) is 0 Å². The number of tetrazole rings is 1. The van der Waals surface area contributed by atoms with Crippen molar-refractivity contribution < 1.29 is 14.3 Å². The van der Waals surface area contributed by atoms with Crippen LogP contribution in [0.4, 0.5) is 11.4 Å². The van der Waals surface area contributed by atoms with E-state index in [0.29, 0.717) is 29.0 Å². The average Bonchev–Trinajstić information content (AvgIpc) is 3.24. The smallest absolute Gasteiger partial charge is 0.265 e. The summed E-state index contributed by atoms with van der Waals surface area (Å²) in [5.74, 6) is 1.51.